The summed E-state index contributed by atoms with van der Waals surface area (Å²) in [5.74, 6) is -1.53. The van der Waals surface area contributed by atoms with E-state index in [-0.39, 0.29) is 22.7 Å². The molecule has 2 amide bonds. The number of nitrogens with one attached hydrogen (secondary N) is 2. The van der Waals surface area contributed by atoms with Gasteiger partial charge in [-0.15, -0.1) is 0 Å². The van der Waals surface area contributed by atoms with Crippen molar-refractivity contribution in [1.29, 1.82) is 0 Å². The van der Waals surface area contributed by atoms with Gasteiger partial charge in [0.25, 0.3) is 0 Å². The maximum absolute atomic E-state index is 13.8. The molecule has 1 aliphatic heterocycles. The minimum atomic E-state index is -0.730. The summed E-state index contributed by atoms with van der Waals surface area (Å²) in [6.45, 7) is 4.15. The number of benzene rings is 1. The summed E-state index contributed by atoms with van der Waals surface area (Å²) in [5, 5.41) is 5.90. The van der Waals surface area contributed by atoms with Crippen molar-refractivity contribution in [3.8, 4) is 0 Å². The highest BCUT2D eigenvalue weighted by atomic mass is 19.1. The number of primary amides is 1. The van der Waals surface area contributed by atoms with Gasteiger partial charge in [0.1, 0.15) is 5.82 Å². The Morgan fingerprint density at radius 1 is 1.38 bits per heavy atom. The van der Waals surface area contributed by atoms with Crippen molar-refractivity contribution in [2.75, 3.05) is 11.9 Å². The van der Waals surface area contributed by atoms with E-state index in [4.69, 9.17) is 5.73 Å². The van der Waals surface area contributed by atoms with Gasteiger partial charge in [-0.05, 0) is 51.8 Å². The molecular weight excluding hydrogens is 273 g/mol. The van der Waals surface area contributed by atoms with E-state index in [1.165, 1.54) is 6.07 Å². The third-order valence-electron chi connectivity index (χ3n) is 4.00. The fourth-order valence-corrected chi connectivity index (χ4v) is 2.46. The highest BCUT2D eigenvalue weighted by Crippen LogP contribution is 2.24. The van der Waals surface area contributed by atoms with E-state index in [0.717, 1.165) is 31.9 Å². The second-order valence-corrected chi connectivity index (χ2v) is 5.66. The van der Waals surface area contributed by atoms with Crippen LogP contribution in [-0.2, 0) is 4.79 Å². The van der Waals surface area contributed by atoms with Crippen LogP contribution in [0.1, 0.15) is 42.1 Å². The Kier molecular flexibility index (Phi) is 4.27. The second-order valence-electron chi connectivity index (χ2n) is 5.66. The highest BCUT2D eigenvalue weighted by Gasteiger charge is 2.34. The molecule has 0 spiro atoms. The molecule has 2 rings (SSSR count). The summed E-state index contributed by atoms with van der Waals surface area (Å²) in [6.07, 6.45) is 2.72. The molecule has 4 N–H and O–H groups in total. The normalized spacial score (nSPS) is 21.9. The third kappa shape index (κ3) is 3.21. The molecule has 114 valence electrons. The van der Waals surface area contributed by atoms with E-state index < -0.39 is 17.3 Å². The summed E-state index contributed by atoms with van der Waals surface area (Å²) in [4.78, 5) is 23.6. The van der Waals surface area contributed by atoms with Crippen molar-refractivity contribution in [1.82, 2.24) is 5.32 Å². The van der Waals surface area contributed by atoms with Crippen LogP contribution in [0.15, 0.2) is 12.1 Å². The maximum atomic E-state index is 13.8. The van der Waals surface area contributed by atoms with Crippen LogP contribution in [-0.4, -0.2) is 23.9 Å². The summed E-state index contributed by atoms with van der Waals surface area (Å²) < 4.78 is 13.8. The molecule has 0 aliphatic carbocycles. The van der Waals surface area contributed by atoms with Crippen molar-refractivity contribution in [3.05, 3.63) is 29.1 Å². The number of anilines is 1. The lowest BCUT2D eigenvalue weighted by molar-refractivity contribution is -0.122. The molecule has 5 nitrogen and oxygen atoms in total. The second kappa shape index (κ2) is 5.81. The Labute approximate surface area is 123 Å². The number of hydrogen-bond acceptors (Lipinski definition) is 3. The van der Waals surface area contributed by atoms with Crippen LogP contribution in [0.5, 0.6) is 0 Å². The van der Waals surface area contributed by atoms with Crippen molar-refractivity contribution < 1.29 is 14.0 Å². The van der Waals surface area contributed by atoms with Gasteiger partial charge in [-0.2, -0.15) is 0 Å². The summed E-state index contributed by atoms with van der Waals surface area (Å²) in [7, 11) is 0. The molecule has 1 saturated heterocycles. The number of hydrogen-bond donors (Lipinski definition) is 3. The topological polar surface area (TPSA) is 84.2 Å². The van der Waals surface area contributed by atoms with Gasteiger partial charge < -0.3 is 16.4 Å². The minimum Gasteiger partial charge on any atom is -0.366 e. The molecule has 0 bridgehead atoms. The Balaban J connectivity index is 2.26. The van der Waals surface area contributed by atoms with Gasteiger partial charge in [0.2, 0.25) is 11.8 Å². The molecule has 1 aromatic carbocycles. The minimum absolute atomic E-state index is 0.0372. The maximum Gasteiger partial charge on any atom is 0.248 e. The molecule has 1 aliphatic rings. The van der Waals surface area contributed by atoms with E-state index in [9.17, 15) is 14.0 Å². The highest BCUT2D eigenvalue weighted by molar-refractivity contribution is 6.00. The molecule has 1 aromatic rings. The van der Waals surface area contributed by atoms with Crippen molar-refractivity contribution in [2.24, 2.45) is 5.73 Å². The molecule has 0 saturated carbocycles. The van der Waals surface area contributed by atoms with E-state index in [1.807, 2.05) is 6.92 Å². The van der Waals surface area contributed by atoms with Crippen LogP contribution < -0.4 is 16.4 Å². The number of carbonyl (C=O) groups excluding carboxylic acids is 2. The zero-order valence-corrected chi connectivity index (χ0v) is 12.3. The van der Waals surface area contributed by atoms with Crippen LogP contribution in [0, 0.1) is 12.7 Å². The molecule has 6 heteroatoms. The lowest BCUT2D eigenvalue weighted by Gasteiger charge is -2.33. The molecule has 1 unspecified atom stereocenters. The Hall–Kier alpha value is -1.95. The SMILES string of the molecule is Cc1c(F)cc(C(N)=O)cc1NC(=O)C1(C)CCCCN1. The summed E-state index contributed by atoms with van der Waals surface area (Å²) >= 11 is 0. The first-order valence-electron chi connectivity index (χ1n) is 7.00. The van der Waals surface area contributed by atoms with Crippen molar-refractivity contribution in [2.45, 2.75) is 38.6 Å². The smallest absolute Gasteiger partial charge is 0.248 e. The molecule has 1 heterocycles. The number of rotatable bonds is 3. The molecular formula is C15H20FN3O2. The lowest BCUT2D eigenvalue weighted by Crippen LogP contribution is -2.54. The molecule has 0 radical (unpaired) electrons. The van der Waals surface area contributed by atoms with Crippen LogP contribution in [0.3, 0.4) is 0 Å². The van der Waals surface area contributed by atoms with E-state index in [1.54, 1.807) is 6.92 Å². The first kappa shape index (κ1) is 15.4. The fraction of sp³-hybridized carbons (Fsp3) is 0.467. The largest absolute Gasteiger partial charge is 0.366 e. The van der Waals surface area contributed by atoms with Gasteiger partial charge in [-0.25, -0.2) is 4.39 Å². The zero-order chi connectivity index (χ0) is 15.6. The Bertz CT molecular complexity index is 581. The first-order chi connectivity index (χ1) is 9.83. The number of amides is 2. The van der Waals surface area contributed by atoms with Gasteiger partial charge in [0.15, 0.2) is 0 Å². The fourth-order valence-electron chi connectivity index (χ4n) is 2.46. The van der Waals surface area contributed by atoms with Gasteiger partial charge in [-0.3, -0.25) is 9.59 Å². The monoisotopic (exact) mass is 293 g/mol. The van der Waals surface area contributed by atoms with E-state index in [0.29, 0.717) is 0 Å². The van der Waals surface area contributed by atoms with Crippen LogP contribution in [0.4, 0.5) is 10.1 Å². The summed E-state index contributed by atoms with van der Waals surface area (Å²) in [5.41, 5.74) is 5.10. The number of halogens is 1. The Morgan fingerprint density at radius 2 is 2.10 bits per heavy atom. The number of piperidine rings is 1. The van der Waals surface area contributed by atoms with Crippen molar-refractivity contribution >= 4 is 17.5 Å². The average Bonchev–Trinajstić information content (AvgIpc) is 2.44. The van der Waals surface area contributed by atoms with Gasteiger partial charge in [-0.1, -0.05) is 0 Å². The molecule has 0 aromatic heterocycles. The van der Waals surface area contributed by atoms with Gasteiger partial charge in [0, 0.05) is 16.8 Å². The lowest BCUT2D eigenvalue weighted by atomic mass is 9.90. The predicted molar refractivity (Wildman–Crippen MR) is 78.5 cm³/mol. The quantitative estimate of drug-likeness (QED) is 0.793. The standard InChI is InChI=1S/C15H20FN3O2/c1-9-11(16)7-10(13(17)20)8-12(9)19-14(21)15(2)5-3-4-6-18-15/h7-8,18H,3-6H2,1-2H3,(H2,17,20)(H,19,21). The van der Waals surface area contributed by atoms with Gasteiger partial charge >= 0.3 is 0 Å². The van der Waals surface area contributed by atoms with Gasteiger partial charge in [0.05, 0.1) is 5.54 Å². The van der Waals surface area contributed by atoms with Crippen LogP contribution in [0.25, 0.3) is 0 Å². The number of carbonyl (C=O) groups is 2. The third-order valence-corrected chi connectivity index (χ3v) is 4.00. The number of nitrogens with two attached hydrogens (primary N) is 1. The van der Waals surface area contributed by atoms with Crippen LogP contribution in [0.2, 0.25) is 0 Å². The molecule has 1 fully saturated rings. The zero-order valence-electron chi connectivity index (χ0n) is 12.3. The predicted octanol–water partition coefficient (Wildman–Crippen LogP) is 1.70. The van der Waals surface area contributed by atoms with E-state index in [2.05, 4.69) is 10.6 Å². The average molecular weight is 293 g/mol. The van der Waals surface area contributed by atoms with Crippen LogP contribution >= 0.6 is 0 Å². The first-order valence-corrected chi connectivity index (χ1v) is 7.00. The molecule has 21 heavy (non-hydrogen) atoms. The van der Waals surface area contributed by atoms with E-state index >= 15 is 0 Å². The van der Waals surface area contributed by atoms with Crippen molar-refractivity contribution in [3.63, 3.8) is 0 Å². The Morgan fingerprint density at radius 3 is 2.67 bits per heavy atom. The summed E-state index contributed by atoms with van der Waals surface area (Å²) in [6, 6.07) is 2.48. The molecule has 1 atom stereocenters.